The molecule has 1 aromatic carbocycles. The Kier molecular flexibility index (Phi) is 4.73. The Morgan fingerprint density at radius 1 is 1.35 bits per heavy atom. The van der Waals surface area contributed by atoms with Gasteiger partial charge in [0.25, 0.3) is 0 Å². The Morgan fingerprint density at radius 3 is 2.70 bits per heavy atom. The summed E-state index contributed by atoms with van der Waals surface area (Å²) in [5, 5.41) is 9.54. The second-order valence-electron chi connectivity index (χ2n) is 4.31. The van der Waals surface area contributed by atoms with Gasteiger partial charge in [0.2, 0.25) is 5.91 Å². The van der Waals surface area contributed by atoms with Gasteiger partial charge < -0.3 is 19.9 Å². The van der Waals surface area contributed by atoms with E-state index in [2.05, 4.69) is 15.8 Å². The van der Waals surface area contributed by atoms with E-state index in [0.29, 0.717) is 12.3 Å². The van der Waals surface area contributed by atoms with Crippen molar-refractivity contribution in [2.45, 2.75) is 13.5 Å². The van der Waals surface area contributed by atoms with E-state index in [0.717, 1.165) is 17.1 Å². The molecule has 0 aliphatic carbocycles. The van der Waals surface area contributed by atoms with Gasteiger partial charge in [-0.2, -0.15) is 0 Å². The summed E-state index contributed by atoms with van der Waals surface area (Å²) in [6.07, 6.45) is 0. The molecule has 0 unspecified atom stereocenters. The highest BCUT2D eigenvalue weighted by atomic mass is 16.5. The van der Waals surface area contributed by atoms with Crippen molar-refractivity contribution in [3.8, 4) is 5.75 Å². The average molecular weight is 275 g/mol. The summed E-state index contributed by atoms with van der Waals surface area (Å²) in [6.45, 7) is 2.52. The molecule has 6 heteroatoms. The van der Waals surface area contributed by atoms with E-state index in [4.69, 9.17) is 9.26 Å². The summed E-state index contributed by atoms with van der Waals surface area (Å²) in [5.41, 5.74) is 1.55. The molecular formula is C14H17N3O3. The van der Waals surface area contributed by atoms with Crippen LogP contribution < -0.4 is 15.4 Å². The Bertz CT molecular complexity index is 563. The number of anilines is 1. The number of aryl methyl sites for hydroxylation is 1. The molecule has 0 radical (unpaired) electrons. The summed E-state index contributed by atoms with van der Waals surface area (Å²) in [4.78, 5) is 11.7. The summed E-state index contributed by atoms with van der Waals surface area (Å²) >= 11 is 0. The minimum absolute atomic E-state index is 0.119. The SMILES string of the molecule is COc1ccc(NC(=O)CNCc2cc(C)no2)cc1. The minimum atomic E-state index is -0.119. The standard InChI is InChI=1S/C14H17N3O3/c1-10-7-13(20-17-10)8-15-9-14(18)16-11-3-5-12(19-2)6-4-11/h3-7,15H,8-9H2,1-2H3,(H,16,18). The molecule has 0 bridgehead atoms. The molecule has 2 N–H and O–H groups in total. The highest BCUT2D eigenvalue weighted by molar-refractivity contribution is 5.92. The molecular weight excluding hydrogens is 258 g/mol. The van der Waals surface area contributed by atoms with Crippen LogP contribution >= 0.6 is 0 Å². The van der Waals surface area contributed by atoms with Gasteiger partial charge in [-0.15, -0.1) is 0 Å². The second-order valence-corrected chi connectivity index (χ2v) is 4.31. The fourth-order valence-electron chi connectivity index (χ4n) is 1.68. The van der Waals surface area contributed by atoms with E-state index in [-0.39, 0.29) is 12.5 Å². The fraction of sp³-hybridized carbons (Fsp3) is 0.286. The van der Waals surface area contributed by atoms with Crippen molar-refractivity contribution < 1.29 is 14.1 Å². The summed E-state index contributed by atoms with van der Waals surface area (Å²) < 4.78 is 10.1. The molecule has 1 amide bonds. The first-order chi connectivity index (χ1) is 9.67. The lowest BCUT2D eigenvalue weighted by Crippen LogP contribution is -2.27. The predicted octanol–water partition coefficient (Wildman–Crippen LogP) is 1.72. The van der Waals surface area contributed by atoms with E-state index in [1.165, 1.54) is 0 Å². The van der Waals surface area contributed by atoms with Crippen LogP contribution in [0, 0.1) is 6.92 Å². The van der Waals surface area contributed by atoms with Crippen LogP contribution in [-0.2, 0) is 11.3 Å². The Morgan fingerprint density at radius 2 is 2.10 bits per heavy atom. The first kappa shape index (κ1) is 14.1. The fourth-order valence-corrected chi connectivity index (χ4v) is 1.68. The number of aromatic nitrogens is 1. The van der Waals surface area contributed by atoms with Crippen molar-refractivity contribution >= 4 is 11.6 Å². The van der Waals surface area contributed by atoms with Crippen LogP contribution in [0.5, 0.6) is 5.75 Å². The number of benzene rings is 1. The van der Waals surface area contributed by atoms with Crippen LogP contribution in [0.15, 0.2) is 34.9 Å². The zero-order valence-electron chi connectivity index (χ0n) is 11.5. The van der Waals surface area contributed by atoms with E-state index in [9.17, 15) is 4.79 Å². The number of carbonyl (C=O) groups excluding carboxylic acids is 1. The van der Waals surface area contributed by atoms with Crippen molar-refractivity contribution in [3.05, 3.63) is 41.8 Å². The number of hydrogen-bond acceptors (Lipinski definition) is 5. The van der Waals surface area contributed by atoms with E-state index < -0.39 is 0 Å². The van der Waals surface area contributed by atoms with Crippen molar-refractivity contribution in [3.63, 3.8) is 0 Å². The third-order valence-corrected chi connectivity index (χ3v) is 2.64. The normalized spacial score (nSPS) is 10.3. The van der Waals surface area contributed by atoms with Gasteiger partial charge >= 0.3 is 0 Å². The second kappa shape index (κ2) is 6.72. The van der Waals surface area contributed by atoms with Crippen molar-refractivity contribution in [1.29, 1.82) is 0 Å². The number of rotatable bonds is 6. The number of hydrogen-bond donors (Lipinski definition) is 2. The van der Waals surface area contributed by atoms with Gasteiger partial charge in [-0.25, -0.2) is 0 Å². The molecule has 0 saturated heterocycles. The Hall–Kier alpha value is -2.34. The minimum Gasteiger partial charge on any atom is -0.497 e. The molecule has 1 aromatic heterocycles. The largest absolute Gasteiger partial charge is 0.497 e. The third-order valence-electron chi connectivity index (χ3n) is 2.64. The number of methoxy groups -OCH3 is 1. The maximum absolute atomic E-state index is 11.7. The average Bonchev–Trinajstić information content (AvgIpc) is 2.85. The number of carbonyl (C=O) groups is 1. The smallest absolute Gasteiger partial charge is 0.238 e. The Balaban J connectivity index is 1.74. The van der Waals surface area contributed by atoms with Crippen molar-refractivity contribution in [2.24, 2.45) is 0 Å². The first-order valence-corrected chi connectivity index (χ1v) is 6.24. The van der Waals surface area contributed by atoms with Crippen LogP contribution in [0.4, 0.5) is 5.69 Å². The van der Waals surface area contributed by atoms with Gasteiger partial charge in [0.1, 0.15) is 5.75 Å². The molecule has 0 spiro atoms. The molecule has 0 saturated carbocycles. The molecule has 0 aliphatic rings. The molecule has 1 heterocycles. The van der Waals surface area contributed by atoms with Crippen LogP contribution in [0.25, 0.3) is 0 Å². The molecule has 0 atom stereocenters. The maximum atomic E-state index is 11.7. The summed E-state index contributed by atoms with van der Waals surface area (Å²) in [6, 6.07) is 8.99. The number of nitrogens with one attached hydrogen (secondary N) is 2. The molecule has 6 nitrogen and oxygen atoms in total. The molecule has 2 rings (SSSR count). The van der Waals surface area contributed by atoms with Crippen molar-refractivity contribution in [1.82, 2.24) is 10.5 Å². The Labute approximate surface area is 117 Å². The summed E-state index contributed by atoms with van der Waals surface area (Å²) in [7, 11) is 1.60. The molecule has 0 aliphatic heterocycles. The third kappa shape index (κ3) is 4.10. The summed E-state index contributed by atoms with van der Waals surface area (Å²) in [5.74, 6) is 1.34. The lowest BCUT2D eigenvalue weighted by molar-refractivity contribution is -0.115. The predicted molar refractivity (Wildman–Crippen MR) is 74.6 cm³/mol. The van der Waals surface area contributed by atoms with Crippen LogP contribution in [0.3, 0.4) is 0 Å². The number of amides is 1. The lowest BCUT2D eigenvalue weighted by atomic mass is 10.3. The quantitative estimate of drug-likeness (QED) is 0.839. The van der Waals surface area contributed by atoms with E-state index in [1.807, 2.05) is 13.0 Å². The molecule has 20 heavy (non-hydrogen) atoms. The first-order valence-electron chi connectivity index (χ1n) is 6.24. The van der Waals surface area contributed by atoms with Gasteiger partial charge in [-0.3, -0.25) is 4.79 Å². The van der Waals surface area contributed by atoms with E-state index >= 15 is 0 Å². The zero-order valence-corrected chi connectivity index (χ0v) is 11.5. The topological polar surface area (TPSA) is 76.4 Å². The van der Waals surface area contributed by atoms with Crippen LogP contribution in [-0.4, -0.2) is 24.7 Å². The number of nitrogens with zero attached hydrogens (tertiary/aromatic N) is 1. The van der Waals surface area contributed by atoms with Crippen LogP contribution in [0.2, 0.25) is 0 Å². The van der Waals surface area contributed by atoms with Crippen molar-refractivity contribution in [2.75, 3.05) is 19.0 Å². The van der Waals surface area contributed by atoms with Gasteiger partial charge in [0.05, 0.1) is 25.9 Å². The monoisotopic (exact) mass is 275 g/mol. The lowest BCUT2D eigenvalue weighted by Gasteiger charge is -2.06. The molecule has 106 valence electrons. The molecule has 2 aromatic rings. The highest BCUT2D eigenvalue weighted by Crippen LogP contribution is 2.14. The van der Waals surface area contributed by atoms with Gasteiger partial charge in [-0.05, 0) is 31.2 Å². The maximum Gasteiger partial charge on any atom is 0.238 e. The number of ether oxygens (including phenoxy) is 1. The van der Waals surface area contributed by atoms with Gasteiger partial charge in [-0.1, -0.05) is 5.16 Å². The molecule has 0 fully saturated rings. The zero-order chi connectivity index (χ0) is 14.4. The van der Waals surface area contributed by atoms with Gasteiger partial charge in [0, 0.05) is 11.8 Å². The van der Waals surface area contributed by atoms with Gasteiger partial charge in [0.15, 0.2) is 5.76 Å². The highest BCUT2D eigenvalue weighted by Gasteiger charge is 2.04. The van der Waals surface area contributed by atoms with Crippen LogP contribution in [0.1, 0.15) is 11.5 Å². The van der Waals surface area contributed by atoms with E-state index in [1.54, 1.807) is 31.4 Å².